The molecule has 164 valence electrons. The molecule has 5 nitrogen and oxygen atoms in total. The summed E-state index contributed by atoms with van der Waals surface area (Å²) in [7, 11) is 2.76. The number of carbonyl (C=O) groups excluding carboxylic acids is 3. The first-order chi connectivity index (χ1) is 14.4. The molecule has 2 aromatic carbocycles. The molecule has 1 atom stereocenters. The second kappa shape index (κ2) is 8.13. The van der Waals surface area contributed by atoms with Crippen LogP contribution in [0.2, 0.25) is 0 Å². The number of rotatable bonds is 5. The molecule has 0 aromatic heterocycles. The number of likely N-dealkylation sites (N-methyl/N-ethyl adjacent to an activating group) is 1. The molecule has 31 heavy (non-hydrogen) atoms. The molecule has 1 saturated heterocycles. The van der Waals surface area contributed by atoms with Crippen molar-refractivity contribution >= 4 is 17.7 Å². The summed E-state index contributed by atoms with van der Waals surface area (Å²) in [5, 5.41) is 0. The average molecular weight is 436 g/mol. The third-order valence-corrected chi connectivity index (χ3v) is 5.50. The molecule has 1 aliphatic heterocycles. The normalized spacial score (nSPS) is 19.1. The fourth-order valence-corrected chi connectivity index (χ4v) is 3.69. The number of nitrogens with zero attached hydrogens (tertiary/aromatic N) is 2. The zero-order valence-corrected chi connectivity index (χ0v) is 16.9. The van der Waals surface area contributed by atoms with Gasteiger partial charge in [-0.1, -0.05) is 24.3 Å². The highest BCUT2D eigenvalue weighted by Gasteiger charge is 2.52. The van der Waals surface area contributed by atoms with Gasteiger partial charge < -0.3 is 4.90 Å². The van der Waals surface area contributed by atoms with E-state index in [0.717, 1.165) is 23.1 Å². The maximum absolute atomic E-state index is 13.8. The molecular formula is C22H20F4N2O3. The van der Waals surface area contributed by atoms with Gasteiger partial charge in [0.2, 0.25) is 17.7 Å². The van der Waals surface area contributed by atoms with Crippen molar-refractivity contribution in [3.05, 3.63) is 71.0 Å². The molecule has 0 spiro atoms. The second-order valence-corrected chi connectivity index (χ2v) is 7.65. The van der Waals surface area contributed by atoms with Gasteiger partial charge in [-0.05, 0) is 35.4 Å². The third-order valence-electron chi connectivity index (χ3n) is 5.50. The Morgan fingerprint density at radius 2 is 1.77 bits per heavy atom. The number of benzene rings is 2. The average Bonchev–Trinajstić information content (AvgIpc) is 2.92. The molecule has 9 heteroatoms. The maximum atomic E-state index is 13.8. The first-order valence-corrected chi connectivity index (χ1v) is 9.41. The van der Waals surface area contributed by atoms with Crippen molar-refractivity contribution in [2.24, 2.45) is 0 Å². The minimum Gasteiger partial charge on any atom is -0.341 e. The lowest BCUT2D eigenvalue weighted by atomic mass is 9.75. The van der Waals surface area contributed by atoms with Crippen LogP contribution in [0, 0.1) is 5.82 Å². The van der Waals surface area contributed by atoms with Gasteiger partial charge in [0.15, 0.2) is 0 Å². The van der Waals surface area contributed by atoms with E-state index in [-0.39, 0.29) is 24.9 Å². The SMILES string of the molecule is CN(Cc1ccc(C(F)(F)F)cc1)C(=O)CC1(c2cccc(F)c2)CC(=O)N(C)C1=O. The minimum absolute atomic E-state index is 0.00811. The van der Waals surface area contributed by atoms with Crippen LogP contribution in [0.3, 0.4) is 0 Å². The summed E-state index contributed by atoms with van der Waals surface area (Å²) in [6.45, 7) is 0.00811. The van der Waals surface area contributed by atoms with Gasteiger partial charge >= 0.3 is 6.18 Å². The molecule has 1 unspecified atom stereocenters. The number of amides is 3. The van der Waals surface area contributed by atoms with Crippen molar-refractivity contribution in [1.29, 1.82) is 0 Å². The van der Waals surface area contributed by atoms with Crippen LogP contribution in [0.25, 0.3) is 0 Å². The van der Waals surface area contributed by atoms with Crippen LogP contribution in [0.1, 0.15) is 29.5 Å². The molecule has 0 saturated carbocycles. The first kappa shape index (κ1) is 22.5. The molecule has 0 N–H and O–H groups in total. The Labute approximate surface area is 176 Å². The number of imide groups is 1. The van der Waals surface area contributed by atoms with E-state index in [1.54, 1.807) is 0 Å². The van der Waals surface area contributed by atoms with E-state index in [1.165, 1.54) is 49.3 Å². The molecule has 2 aromatic rings. The van der Waals surface area contributed by atoms with Crippen LogP contribution in [0.15, 0.2) is 48.5 Å². The number of carbonyl (C=O) groups is 3. The molecule has 0 bridgehead atoms. The highest BCUT2D eigenvalue weighted by atomic mass is 19.4. The number of hydrogen-bond donors (Lipinski definition) is 0. The van der Waals surface area contributed by atoms with Gasteiger partial charge in [0.1, 0.15) is 5.82 Å². The Kier molecular flexibility index (Phi) is 5.89. The lowest BCUT2D eigenvalue weighted by Crippen LogP contribution is -2.41. The Morgan fingerprint density at radius 1 is 1.13 bits per heavy atom. The van der Waals surface area contributed by atoms with Crippen molar-refractivity contribution in [1.82, 2.24) is 9.80 Å². The zero-order chi connectivity index (χ0) is 23.0. The largest absolute Gasteiger partial charge is 0.416 e. The Morgan fingerprint density at radius 3 is 2.29 bits per heavy atom. The van der Waals surface area contributed by atoms with E-state index in [9.17, 15) is 31.9 Å². The Hall–Kier alpha value is -3.23. The van der Waals surface area contributed by atoms with Crippen LogP contribution in [-0.2, 0) is 32.5 Å². The lowest BCUT2D eigenvalue weighted by Gasteiger charge is -2.29. The van der Waals surface area contributed by atoms with E-state index in [1.807, 2.05) is 0 Å². The predicted molar refractivity (Wildman–Crippen MR) is 103 cm³/mol. The van der Waals surface area contributed by atoms with Crippen molar-refractivity contribution in [3.63, 3.8) is 0 Å². The molecule has 1 aliphatic rings. The summed E-state index contributed by atoms with van der Waals surface area (Å²) in [4.78, 5) is 40.2. The van der Waals surface area contributed by atoms with E-state index < -0.39 is 40.7 Å². The number of hydrogen-bond acceptors (Lipinski definition) is 3. The van der Waals surface area contributed by atoms with Crippen LogP contribution in [0.5, 0.6) is 0 Å². The van der Waals surface area contributed by atoms with Gasteiger partial charge in [-0.3, -0.25) is 19.3 Å². The highest BCUT2D eigenvalue weighted by molar-refractivity contribution is 6.10. The van der Waals surface area contributed by atoms with Crippen molar-refractivity contribution in [2.75, 3.05) is 14.1 Å². The van der Waals surface area contributed by atoms with E-state index in [4.69, 9.17) is 0 Å². The molecule has 1 fully saturated rings. The van der Waals surface area contributed by atoms with Crippen LogP contribution >= 0.6 is 0 Å². The number of likely N-dealkylation sites (tertiary alicyclic amines) is 1. The third kappa shape index (κ3) is 4.45. The summed E-state index contributed by atoms with van der Waals surface area (Å²) in [5.41, 5.74) is -1.63. The monoisotopic (exact) mass is 436 g/mol. The van der Waals surface area contributed by atoms with Crippen LogP contribution in [0.4, 0.5) is 17.6 Å². The second-order valence-electron chi connectivity index (χ2n) is 7.65. The van der Waals surface area contributed by atoms with E-state index in [2.05, 4.69) is 0 Å². The number of alkyl halides is 3. The fraction of sp³-hybridized carbons (Fsp3) is 0.318. The lowest BCUT2D eigenvalue weighted by molar-refractivity contribution is -0.141. The van der Waals surface area contributed by atoms with E-state index >= 15 is 0 Å². The van der Waals surface area contributed by atoms with Gasteiger partial charge in [-0.15, -0.1) is 0 Å². The quantitative estimate of drug-likeness (QED) is 0.533. The topological polar surface area (TPSA) is 57.7 Å². The molecule has 3 amide bonds. The first-order valence-electron chi connectivity index (χ1n) is 9.41. The molecule has 0 radical (unpaired) electrons. The fourth-order valence-electron chi connectivity index (χ4n) is 3.69. The van der Waals surface area contributed by atoms with Gasteiger partial charge in [-0.2, -0.15) is 13.2 Å². The zero-order valence-electron chi connectivity index (χ0n) is 16.9. The summed E-state index contributed by atoms with van der Waals surface area (Å²) < 4.78 is 52.0. The highest BCUT2D eigenvalue weighted by Crippen LogP contribution is 2.40. The van der Waals surface area contributed by atoms with Crippen LogP contribution < -0.4 is 0 Å². The van der Waals surface area contributed by atoms with Crippen molar-refractivity contribution in [2.45, 2.75) is 31.0 Å². The summed E-state index contributed by atoms with van der Waals surface area (Å²) >= 11 is 0. The summed E-state index contributed by atoms with van der Waals surface area (Å²) in [5.74, 6) is -2.18. The van der Waals surface area contributed by atoms with Gasteiger partial charge in [0, 0.05) is 33.5 Å². The smallest absolute Gasteiger partial charge is 0.341 e. The van der Waals surface area contributed by atoms with Gasteiger partial charge in [0.05, 0.1) is 11.0 Å². The molecular weight excluding hydrogens is 416 g/mol. The maximum Gasteiger partial charge on any atom is 0.416 e. The molecule has 0 aliphatic carbocycles. The van der Waals surface area contributed by atoms with E-state index in [0.29, 0.717) is 5.56 Å². The Balaban J connectivity index is 1.82. The van der Waals surface area contributed by atoms with Crippen molar-refractivity contribution in [3.8, 4) is 0 Å². The van der Waals surface area contributed by atoms with Gasteiger partial charge in [0.25, 0.3) is 0 Å². The van der Waals surface area contributed by atoms with Crippen LogP contribution in [-0.4, -0.2) is 41.6 Å². The number of halogens is 4. The van der Waals surface area contributed by atoms with Gasteiger partial charge in [-0.25, -0.2) is 4.39 Å². The Bertz CT molecular complexity index is 1020. The van der Waals surface area contributed by atoms with Crippen molar-refractivity contribution < 1.29 is 31.9 Å². The summed E-state index contributed by atoms with van der Waals surface area (Å²) in [6, 6.07) is 9.62. The molecule has 1 heterocycles. The predicted octanol–water partition coefficient (Wildman–Crippen LogP) is 3.52. The standard InChI is InChI=1S/C22H20F4N2O3/c1-27(13-14-6-8-15(9-7-14)22(24,25)26)18(29)11-21(12-19(30)28(2)20(21)31)16-4-3-5-17(23)10-16/h3-10H,11-13H2,1-2H3. The molecule has 3 rings (SSSR count). The summed E-state index contributed by atoms with van der Waals surface area (Å²) in [6.07, 6.45) is -5.10. The minimum atomic E-state index is -4.46.